The molecule has 0 aliphatic carbocycles. The Bertz CT molecular complexity index is 1700. The molecule has 1 aliphatic heterocycles. The molecule has 2 aromatic carbocycles. The summed E-state index contributed by atoms with van der Waals surface area (Å²) in [6, 6.07) is 11.8. The molecule has 10 nitrogen and oxygen atoms in total. The molecule has 0 spiro atoms. The van der Waals surface area contributed by atoms with Crippen LogP contribution in [0.4, 0.5) is 18.9 Å². The lowest BCUT2D eigenvalue weighted by Crippen LogP contribution is -2.37. The summed E-state index contributed by atoms with van der Waals surface area (Å²) in [5, 5.41) is 12.8. The molecule has 0 saturated carbocycles. The van der Waals surface area contributed by atoms with E-state index in [4.69, 9.17) is 11.6 Å². The largest absolute Gasteiger partial charge is 0.436 e. The molecule has 0 radical (unpaired) electrons. The van der Waals surface area contributed by atoms with E-state index in [0.717, 1.165) is 10.9 Å². The van der Waals surface area contributed by atoms with E-state index < -0.39 is 29.4 Å². The highest BCUT2D eigenvalue weighted by atomic mass is 35.5. The van der Waals surface area contributed by atoms with Crippen LogP contribution in [-0.2, 0) is 22.3 Å². The van der Waals surface area contributed by atoms with Gasteiger partial charge in [-0.3, -0.25) is 19.0 Å². The van der Waals surface area contributed by atoms with E-state index in [9.17, 15) is 27.6 Å². The predicted molar refractivity (Wildman–Crippen MR) is 148 cm³/mol. The van der Waals surface area contributed by atoms with Crippen molar-refractivity contribution in [2.45, 2.75) is 44.9 Å². The smallest absolute Gasteiger partial charge is 0.350 e. The number of carbonyl (C=O) groups excluding carboxylic acids is 2. The van der Waals surface area contributed by atoms with Gasteiger partial charge in [-0.15, -0.1) is 5.10 Å². The number of nitrogens with one attached hydrogen (secondary N) is 2. The minimum atomic E-state index is -4.69. The van der Waals surface area contributed by atoms with Crippen LogP contribution in [0.5, 0.6) is 0 Å². The number of para-hydroxylation sites is 1. The second-order valence-corrected chi connectivity index (χ2v) is 10.4. The zero-order chi connectivity index (χ0) is 30.0. The zero-order valence-corrected chi connectivity index (χ0v) is 23.0. The first-order valence-corrected chi connectivity index (χ1v) is 13.4. The maximum Gasteiger partial charge on any atom is 0.436 e. The number of rotatable bonds is 3. The van der Waals surface area contributed by atoms with Gasteiger partial charge in [0.15, 0.2) is 5.69 Å². The standard InChI is InChI=1S/C28H25ClF3N7O3/c1-16-5-4-8-23(27(42)33-13-17-6-2-3-7-20(17)35-26(16)41)38-15-34-21(12-25(38)40)19-11-18(29)9-10-22(19)39-14-24(36-37-39)28(30,31)32/h2-3,6-7,9-12,14-16,23H,4-5,8,13H2,1H3,(H,33,42)(H,35,41)/t16-,23+/m1/s1. The Labute approximate surface area is 242 Å². The second-order valence-electron chi connectivity index (χ2n) is 9.94. The van der Waals surface area contributed by atoms with Crippen molar-refractivity contribution < 1.29 is 22.8 Å². The highest BCUT2D eigenvalue weighted by molar-refractivity contribution is 6.31. The number of fused-ring (bicyclic) bond motifs is 1. The summed E-state index contributed by atoms with van der Waals surface area (Å²) in [6.45, 7) is 1.93. The summed E-state index contributed by atoms with van der Waals surface area (Å²) in [6.07, 6.45) is -1.50. The first kappa shape index (κ1) is 29.0. The van der Waals surface area contributed by atoms with Crippen LogP contribution in [0.3, 0.4) is 0 Å². The molecule has 2 N–H and O–H groups in total. The number of hydrogen-bond acceptors (Lipinski definition) is 6. The van der Waals surface area contributed by atoms with E-state index in [1.807, 2.05) is 0 Å². The first-order chi connectivity index (χ1) is 20.0. The number of nitrogens with zero attached hydrogens (tertiary/aromatic N) is 5. The predicted octanol–water partition coefficient (Wildman–Crippen LogP) is 4.78. The summed E-state index contributed by atoms with van der Waals surface area (Å²) >= 11 is 6.17. The third-order valence-corrected chi connectivity index (χ3v) is 7.27. The molecule has 0 saturated heterocycles. The van der Waals surface area contributed by atoms with Crippen LogP contribution in [-0.4, -0.2) is 36.4 Å². The van der Waals surface area contributed by atoms with E-state index in [-0.39, 0.29) is 46.8 Å². The Morgan fingerprint density at radius 1 is 1.02 bits per heavy atom. The van der Waals surface area contributed by atoms with Gasteiger partial charge in [-0.05, 0) is 42.7 Å². The molecule has 3 heterocycles. The molecule has 2 aromatic heterocycles. The summed E-state index contributed by atoms with van der Waals surface area (Å²) in [7, 11) is 0. The number of anilines is 1. The van der Waals surface area contributed by atoms with Crippen LogP contribution < -0.4 is 16.2 Å². The molecular formula is C28H25ClF3N7O3. The van der Waals surface area contributed by atoms with Crippen molar-refractivity contribution in [1.82, 2.24) is 29.9 Å². The third-order valence-electron chi connectivity index (χ3n) is 7.03. The van der Waals surface area contributed by atoms with Gasteiger partial charge in [-0.1, -0.05) is 48.4 Å². The molecule has 218 valence electrons. The summed E-state index contributed by atoms with van der Waals surface area (Å²) in [4.78, 5) is 43.8. The molecule has 0 bridgehead atoms. The number of amides is 2. The normalized spacial score (nSPS) is 18.3. The fourth-order valence-electron chi connectivity index (χ4n) is 4.71. The Morgan fingerprint density at radius 2 is 1.81 bits per heavy atom. The van der Waals surface area contributed by atoms with Crippen LogP contribution in [0.25, 0.3) is 16.9 Å². The van der Waals surface area contributed by atoms with Gasteiger partial charge in [0, 0.05) is 34.8 Å². The van der Waals surface area contributed by atoms with Gasteiger partial charge in [0.1, 0.15) is 6.04 Å². The lowest BCUT2D eigenvalue weighted by molar-refractivity contribution is -0.141. The Kier molecular flexibility index (Phi) is 8.12. The molecule has 2 amide bonds. The molecule has 14 heteroatoms. The number of benzene rings is 2. The topological polar surface area (TPSA) is 124 Å². The van der Waals surface area contributed by atoms with Gasteiger partial charge >= 0.3 is 6.18 Å². The molecule has 5 rings (SSSR count). The van der Waals surface area contributed by atoms with Gasteiger partial charge in [0.2, 0.25) is 11.8 Å². The second kappa shape index (κ2) is 11.8. The lowest BCUT2D eigenvalue weighted by atomic mass is 9.99. The number of aromatic nitrogens is 5. The summed E-state index contributed by atoms with van der Waals surface area (Å²) in [5.41, 5.74) is 0.0924. The van der Waals surface area contributed by atoms with Crippen molar-refractivity contribution in [3.63, 3.8) is 0 Å². The Morgan fingerprint density at radius 3 is 2.55 bits per heavy atom. The molecule has 42 heavy (non-hydrogen) atoms. The molecule has 4 aromatic rings. The monoisotopic (exact) mass is 599 g/mol. The van der Waals surface area contributed by atoms with E-state index in [2.05, 4.69) is 25.9 Å². The Balaban J connectivity index is 1.48. The van der Waals surface area contributed by atoms with Gasteiger partial charge < -0.3 is 10.6 Å². The van der Waals surface area contributed by atoms with E-state index in [1.165, 1.54) is 35.2 Å². The van der Waals surface area contributed by atoms with Crippen molar-refractivity contribution in [3.05, 3.63) is 87.7 Å². The van der Waals surface area contributed by atoms with E-state index in [0.29, 0.717) is 24.1 Å². The van der Waals surface area contributed by atoms with Crippen molar-refractivity contribution >= 4 is 29.1 Å². The van der Waals surface area contributed by atoms with Crippen LogP contribution in [0.15, 0.2) is 65.8 Å². The molecule has 1 aliphatic rings. The minimum absolute atomic E-state index is 0.116. The summed E-state index contributed by atoms with van der Waals surface area (Å²) in [5.74, 6) is -0.859. The number of carbonyl (C=O) groups is 2. The van der Waals surface area contributed by atoms with Crippen LogP contribution in [0, 0.1) is 5.92 Å². The number of hydrogen-bond donors (Lipinski definition) is 2. The van der Waals surface area contributed by atoms with E-state index in [1.54, 1.807) is 31.2 Å². The van der Waals surface area contributed by atoms with Crippen molar-refractivity contribution in [3.8, 4) is 16.9 Å². The van der Waals surface area contributed by atoms with Crippen LogP contribution in [0.1, 0.15) is 43.5 Å². The van der Waals surface area contributed by atoms with Gasteiger partial charge in [-0.25, -0.2) is 9.67 Å². The number of alkyl halides is 3. The average molecular weight is 600 g/mol. The summed E-state index contributed by atoms with van der Waals surface area (Å²) < 4.78 is 41.5. The first-order valence-electron chi connectivity index (χ1n) is 13.1. The van der Waals surface area contributed by atoms with Crippen molar-refractivity contribution in [1.29, 1.82) is 0 Å². The van der Waals surface area contributed by atoms with Gasteiger partial charge in [0.05, 0.1) is 23.9 Å². The minimum Gasteiger partial charge on any atom is -0.350 e. The fourth-order valence-corrected chi connectivity index (χ4v) is 4.89. The molecule has 0 fully saturated rings. The number of halogens is 4. The SMILES string of the molecule is C[C@@H]1CCC[C@H](n2cnc(-c3cc(Cl)ccc3-n3cc(C(F)(F)F)nn3)cc2=O)C(=O)NCc2ccccc2NC1=O. The molecular weight excluding hydrogens is 575 g/mol. The van der Waals surface area contributed by atoms with E-state index >= 15 is 0 Å². The highest BCUT2D eigenvalue weighted by Crippen LogP contribution is 2.31. The zero-order valence-electron chi connectivity index (χ0n) is 22.2. The third kappa shape index (κ3) is 6.20. The van der Waals surface area contributed by atoms with Crippen molar-refractivity contribution in [2.75, 3.05) is 5.32 Å². The fraction of sp³-hybridized carbons (Fsp3) is 0.286. The van der Waals surface area contributed by atoms with Gasteiger partial charge in [-0.2, -0.15) is 13.2 Å². The van der Waals surface area contributed by atoms with Crippen LogP contribution in [0.2, 0.25) is 5.02 Å². The maximum absolute atomic E-state index is 13.4. The molecule has 2 atom stereocenters. The lowest BCUT2D eigenvalue weighted by Gasteiger charge is -2.22. The average Bonchev–Trinajstić information content (AvgIpc) is 3.45. The van der Waals surface area contributed by atoms with Crippen LogP contribution >= 0.6 is 11.6 Å². The highest BCUT2D eigenvalue weighted by Gasteiger charge is 2.35. The Hall–Kier alpha value is -4.52. The van der Waals surface area contributed by atoms with Crippen molar-refractivity contribution in [2.24, 2.45) is 5.92 Å². The molecule has 0 unspecified atom stereocenters. The van der Waals surface area contributed by atoms with Gasteiger partial charge in [0.25, 0.3) is 5.56 Å². The quantitative estimate of drug-likeness (QED) is 0.349. The maximum atomic E-state index is 13.4.